The highest BCUT2D eigenvalue weighted by molar-refractivity contribution is 6.07. The number of imide groups is 1. The zero-order valence-electron chi connectivity index (χ0n) is 10.1. The molecule has 0 aromatic rings. The number of amides is 2. The fourth-order valence-corrected chi connectivity index (χ4v) is 2.26. The highest BCUT2D eigenvalue weighted by Crippen LogP contribution is 2.26. The van der Waals surface area contributed by atoms with Crippen LogP contribution in [0.15, 0.2) is 0 Å². The van der Waals surface area contributed by atoms with Crippen molar-refractivity contribution >= 4 is 17.6 Å². The standard InChI is InChI=1S/C12H17NO4/c1-7-8(2)12(16)13(11(7)15)5-10(14)9-3-4-17-6-9/h7-9H,3-6H2,1-2H3. The van der Waals surface area contributed by atoms with Crippen molar-refractivity contribution in [2.24, 2.45) is 17.8 Å². The predicted octanol–water partition coefficient (Wildman–Crippen LogP) is 0.233. The van der Waals surface area contributed by atoms with Gasteiger partial charge in [0, 0.05) is 24.4 Å². The first-order valence-electron chi connectivity index (χ1n) is 5.98. The topological polar surface area (TPSA) is 63.7 Å². The summed E-state index contributed by atoms with van der Waals surface area (Å²) in [6.07, 6.45) is 0.695. The molecule has 2 aliphatic heterocycles. The quantitative estimate of drug-likeness (QED) is 0.661. The van der Waals surface area contributed by atoms with E-state index < -0.39 is 0 Å². The van der Waals surface area contributed by atoms with Crippen LogP contribution in [0.25, 0.3) is 0 Å². The Balaban J connectivity index is 2.01. The van der Waals surface area contributed by atoms with E-state index in [1.165, 1.54) is 0 Å². The summed E-state index contributed by atoms with van der Waals surface area (Å²) < 4.78 is 5.13. The highest BCUT2D eigenvalue weighted by Gasteiger charge is 2.43. The minimum Gasteiger partial charge on any atom is -0.381 e. The van der Waals surface area contributed by atoms with Crippen molar-refractivity contribution in [2.75, 3.05) is 19.8 Å². The normalized spacial score (nSPS) is 33.5. The minimum atomic E-state index is -0.310. The van der Waals surface area contributed by atoms with Gasteiger partial charge in [-0.25, -0.2) is 0 Å². The van der Waals surface area contributed by atoms with Gasteiger partial charge in [0.05, 0.1) is 13.2 Å². The molecule has 2 amide bonds. The number of hydrogen-bond donors (Lipinski definition) is 0. The average molecular weight is 239 g/mol. The molecule has 0 bridgehead atoms. The van der Waals surface area contributed by atoms with Gasteiger partial charge in [-0.15, -0.1) is 0 Å². The average Bonchev–Trinajstić information content (AvgIpc) is 2.90. The first-order valence-corrected chi connectivity index (χ1v) is 5.98. The third-order valence-corrected chi connectivity index (χ3v) is 3.76. The van der Waals surface area contributed by atoms with Crippen LogP contribution in [0.5, 0.6) is 0 Å². The summed E-state index contributed by atoms with van der Waals surface area (Å²) in [7, 11) is 0. The number of carbonyl (C=O) groups is 3. The lowest BCUT2D eigenvalue weighted by atomic mass is 10.00. The Morgan fingerprint density at radius 2 is 1.88 bits per heavy atom. The Morgan fingerprint density at radius 1 is 1.29 bits per heavy atom. The number of ether oxygens (including phenoxy) is 1. The van der Waals surface area contributed by atoms with Gasteiger partial charge in [-0.2, -0.15) is 0 Å². The molecule has 2 aliphatic rings. The Morgan fingerprint density at radius 3 is 2.35 bits per heavy atom. The van der Waals surface area contributed by atoms with Crippen molar-refractivity contribution in [3.05, 3.63) is 0 Å². The van der Waals surface area contributed by atoms with Crippen LogP contribution < -0.4 is 0 Å². The maximum atomic E-state index is 11.9. The number of hydrogen-bond acceptors (Lipinski definition) is 4. The third kappa shape index (κ3) is 2.11. The van der Waals surface area contributed by atoms with Crippen molar-refractivity contribution in [3.8, 4) is 0 Å². The monoisotopic (exact) mass is 239 g/mol. The number of Topliss-reactive ketones (excluding diaryl/α,β-unsaturated/α-hetero) is 1. The van der Waals surface area contributed by atoms with Gasteiger partial charge in [0.15, 0.2) is 5.78 Å². The molecule has 3 unspecified atom stereocenters. The molecule has 5 nitrogen and oxygen atoms in total. The molecular formula is C12H17NO4. The van der Waals surface area contributed by atoms with Crippen molar-refractivity contribution in [1.82, 2.24) is 4.90 Å². The minimum absolute atomic E-state index is 0.0644. The number of nitrogens with zero attached hydrogens (tertiary/aromatic N) is 1. The maximum Gasteiger partial charge on any atom is 0.233 e. The summed E-state index contributed by atoms with van der Waals surface area (Å²) in [6.45, 7) is 4.38. The molecule has 0 aromatic heterocycles. The first kappa shape index (κ1) is 12.2. The van der Waals surface area contributed by atoms with Gasteiger partial charge < -0.3 is 4.74 Å². The van der Waals surface area contributed by atoms with E-state index in [0.29, 0.717) is 19.6 Å². The molecule has 2 fully saturated rings. The second kappa shape index (κ2) is 4.56. The lowest BCUT2D eigenvalue weighted by Crippen LogP contribution is -2.38. The summed E-state index contributed by atoms with van der Waals surface area (Å²) in [6, 6.07) is 0. The fraction of sp³-hybridized carbons (Fsp3) is 0.750. The van der Waals surface area contributed by atoms with Crippen LogP contribution in [0.3, 0.4) is 0 Å². The summed E-state index contributed by atoms with van der Waals surface area (Å²) in [5.74, 6) is -1.29. The van der Waals surface area contributed by atoms with Gasteiger partial charge in [0.1, 0.15) is 0 Å². The van der Waals surface area contributed by atoms with E-state index in [1.54, 1.807) is 13.8 Å². The molecular weight excluding hydrogens is 222 g/mol. The molecule has 3 atom stereocenters. The molecule has 2 saturated heterocycles. The Hall–Kier alpha value is -1.23. The molecule has 0 spiro atoms. The second-order valence-corrected chi connectivity index (χ2v) is 4.87. The van der Waals surface area contributed by atoms with Gasteiger partial charge >= 0.3 is 0 Å². The van der Waals surface area contributed by atoms with Crippen molar-refractivity contribution in [1.29, 1.82) is 0 Å². The molecule has 17 heavy (non-hydrogen) atoms. The lowest BCUT2D eigenvalue weighted by molar-refractivity contribution is -0.143. The SMILES string of the molecule is CC1C(=O)N(CC(=O)C2CCOC2)C(=O)C1C. The van der Waals surface area contributed by atoms with E-state index in [4.69, 9.17) is 4.74 Å². The summed E-state index contributed by atoms with van der Waals surface area (Å²) in [4.78, 5) is 36.6. The molecule has 0 aliphatic carbocycles. The summed E-state index contributed by atoms with van der Waals surface area (Å²) >= 11 is 0. The number of rotatable bonds is 3. The number of ketones is 1. The molecule has 0 radical (unpaired) electrons. The van der Waals surface area contributed by atoms with Crippen LogP contribution in [-0.2, 0) is 19.1 Å². The van der Waals surface area contributed by atoms with E-state index in [-0.39, 0.29) is 41.9 Å². The van der Waals surface area contributed by atoms with Gasteiger partial charge in [0.2, 0.25) is 11.8 Å². The van der Waals surface area contributed by atoms with Crippen LogP contribution >= 0.6 is 0 Å². The zero-order valence-corrected chi connectivity index (χ0v) is 10.1. The lowest BCUT2D eigenvalue weighted by Gasteiger charge is -2.15. The van der Waals surface area contributed by atoms with Crippen molar-refractivity contribution in [2.45, 2.75) is 20.3 Å². The molecule has 0 aromatic carbocycles. The smallest absolute Gasteiger partial charge is 0.233 e. The molecule has 0 N–H and O–H groups in total. The van der Waals surface area contributed by atoms with Crippen molar-refractivity contribution < 1.29 is 19.1 Å². The fourth-order valence-electron chi connectivity index (χ4n) is 2.26. The van der Waals surface area contributed by atoms with E-state index in [9.17, 15) is 14.4 Å². The third-order valence-electron chi connectivity index (χ3n) is 3.76. The number of likely N-dealkylation sites (tertiary alicyclic amines) is 1. The van der Waals surface area contributed by atoms with Crippen LogP contribution in [0.1, 0.15) is 20.3 Å². The van der Waals surface area contributed by atoms with Gasteiger partial charge in [-0.3, -0.25) is 19.3 Å². The van der Waals surface area contributed by atoms with Crippen LogP contribution in [0.4, 0.5) is 0 Å². The van der Waals surface area contributed by atoms with E-state index in [2.05, 4.69) is 0 Å². The van der Waals surface area contributed by atoms with Crippen LogP contribution in [-0.4, -0.2) is 42.3 Å². The zero-order chi connectivity index (χ0) is 12.6. The van der Waals surface area contributed by atoms with Crippen LogP contribution in [0, 0.1) is 17.8 Å². The second-order valence-electron chi connectivity index (χ2n) is 4.87. The van der Waals surface area contributed by atoms with E-state index in [1.807, 2.05) is 0 Å². The largest absolute Gasteiger partial charge is 0.381 e. The Kier molecular flexibility index (Phi) is 3.28. The van der Waals surface area contributed by atoms with E-state index in [0.717, 1.165) is 4.90 Å². The molecule has 2 heterocycles. The summed E-state index contributed by atoms with van der Waals surface area (Å²) in [5, 5.41) is 0. The maximum absolute atomic E-state index is 11.9. The van der Waals surface area contributed by atoms with Gasteiger partial charge in [-0.1, -0.05) is 13.8 Å². The number of carbonyl (C=O) groups excluding carboxylic acids is 3. The first-order chi connectivity index (χ1) is 8.02. The Bertz CT molecular complexity index is 340. The van der Waals surface area contributed by atoms with Gasteiger partial charge in [-0.05, 0) is 6.42 Å². The Labute approximate surface area is 100 Å². The van der Waals surface area contributed by atoms with E-state index >= 15 is 0 Å². The molecule has 2 rings (SSSR count). The van der Waals surface area contributed by atoms with Crippen LogP contribution in [0.2, 0.25) is 0 Å². The molecule has 94 valence electrons. The summed E-state index contributed by atoms with van der Waals surface area (Å²) in [5.41, 5.74) is 0. The molecule has 0 saturated carbocycles. The highest BCUT2D eigenvalue weighted by atomic mass is 16.5. The molecule has 5 heteroatoms. The van der Waals surface area contributed by atoms with Crippen molar-refractivity contribution in [3.63, 3.8) is 0 Å². The predicted molar refractivity (Wildman–Crippen MR) is 59.0 cm³/mol. The van der Waals surface area contributed by atoms with Gasteiger partial charge in [0.25, 0.3) is 0 Å².